The van der Waals surface area contributed by atoms with Crippen LogP contribution in [0, 0.1) is 0 Å². The predicted molar refractivity (Wildman–Crippen MR) is 95.9 cm³/mol. The summed E-state index contributed by atoms with van der Waals surface area (Å²) in [5.41, 5.74) is 8.93. The van der Waals surface area contributed by atoms with Crippen LogP contribution in [0.15, 0.2) is 42.7 Å². The van der Waals surface area contributed by atoms with Crippen LogP contribution in [0.5, 0.6) is 5.75 Å². The number of nitrogens with one attached hydrogen (secondary N) is 1. The van der Waals surface area contributed by atoms with Crippen molar-refractivity contribution in [2.24, 2.45) is 0 Å². The van der Waals surface area contributed by atoms with Crippen molar-refractivity contribution < 1.29 is 5.11 Å². The van der Waals surface area contributed by atoms with Gasteiger partial charge in [-0.1, -0.05) is 12.1 Å². The molecule has 25 heavy (non-hydrogen) atoms. The first-order valence-electron chi connectivity index (χ1n) is 8.39. The summed E-state index contributed by atoms with van der Waals surface area (Å²) >= 11 is 0. The first-order chi connectivity index (χ1) is 12.2. The zero-order valence-corrected chi connectivity index (χ0v) is 13.8. The van der Waals surface area contributed by atoms with E-state index >= 15 is 0 Å². The lowest BCUT2D eigenvalue weighted by Gasteiger charge is -2.22. The van der Waals surface area contributed by atoms with Crippen LogP contribution in [0.3, 0.4) is 0 Å². The van der Waals surface area contributed by atoms with Crippen molar-refractivity contribution >= 4 is 5.82 Å². The molecule has 4 N–H and O–H groups in total. The van der Waals surface area contributed by atoms with E-state index in [0.717, 1.165) is 37.1 Å². The Morgan fingerprint density at radius 1 is 1.12 bits per heavy atom. The zero-order valence-electron chi connectivity index (χ0n) is 13.8. The molecule has 2 aromatic heterocycles. The molecule has 4 rings (SSSR count). The van der Waals surface area contributed by atoms with Crippen molar-refractivity contribution in [3.05, 3.63) is 42.7 Å². The third kappa shape index (κ3) is 3.06. The van der Waals surface area contributed by atoms with Crippen LogP contribution in [-0.2, 0) is 0 Å². The Balaban J connectivity index is 1.70. The van der Waals surface area contributed by atoms with E-state index < -0.39 is 0 Å². The Labute approximate surface area is 145 Å². The molecular weight excluding hydrogens is 316 g/mol. The number of rotatable bonds is 3. The third-order valence-electron chi connectivity index (χ3n) is 4.60. The minimum atomic E-state index is 0.165. The Hall–Kier alpha value is -2.93. The van der Waals surface area contributed by atoms with Crippen molar-refractivity contribution in [3.63, 3.8) is 0 Å². The van der Waals surface area contributed by atoms with Gasteiger partial charge in [-0.25, -0.2) is 0 Å². The summed E-state index contributed by atoms with van der Waals surface area (Å²) in [5.74, 6) is 0.516. The Kier molecular flexibility index (Phi) is 4.07. The molecule has 1 saturated heterocycles. The molecule has 0 radical (unpaired) electrons. The van der Waals surface area contributed by atoms with Crippen LogP contribution in [-0.4, -0.2) is 38.2 Å². The monoisotopic (exact) mass is 336 g/mol. The second kappa shape index (κ2) is 6.52. The molecule has 0 spiro atoms. The lowest BCUT2D eigenvalue weighted by Crippen LogP contribution is -2.29. The number of nitrogen functional groups attached to an aromatic ring is 1. The molecule has 1 aromatic carbocycles. The zero-order chi connectivity index (χ0) is 17.2. The lowest BCUT2D eigenvalue weighted by atomic mass is 10.1. The summed E-state index contributed by atoms with van der Waals surface area (Å²) in [5, 5.41) is 26.1. The largest absolute Gasteiger partial charge is 0.507 e. The fourth-order valence-electron chi connectivity index (χ4n) is 3.20. The number of aromatic nitrogens is 4. The summed E-state index contributed by atoms with van der Waals surface area (Å²) in [6, 6.07) is 9.31. The molecule has 3 aromatic rings. The molecule has 0 unspecified atom stereocenters. The Bertz CT molecular complexity index is 885. The fourth-order valence-corrected chi connectivity index (χ4v) is 3.20. The molecule has 1 aliphatic rings. The van der Waals surface area contributed by atoms with Crippen molar-refractivity contribution in [2.75, 3.05) is 18.8 Å². The molecular formula is C18H20N6O. The van der Waals surface area contributed by atoms with E-state index in [1.165, 1.54) is 0 Å². The average molecular weight is 336 g/mol. The van der Waals surface area contributed by atoms with E-state index in [1.807, 2.05) is 29.2 Å². The van der Waals surface area contributed by atoms with Gasteiger partial charge >= 0.3 is 0 Å². The van der Waals surface area contributed by atoms with Gasteiger partial charge in [-0.2, -0.15) is 5.10 Å². The number of nitrogens with zero attached hydrogens (tertiary/aromatic N) is 4. The maximum Gasteiger partial charge on any atom is 0.154 e. The van der Waals surface area contributed by atoms with E-state index in [0.29, 0.717) is 23.1 Å². The highest BCUT2D eigenvalue weighted by molar-refractivity contribution is 5.78. The summed E-state index contributed by atoms with van der Waals surface area (Å²) in [7, 11) is 0. The van der Waals surface area contributed by atoms with Crippen molar-refractivity contribution in [1.82, 2.24) is 25.3 Å². The second-order valence-electron chi connectivity index (χ2n) is 6.24. The highest BCUT2D eigenvalue weighted by atomic mass is 16.3. The third-order valence-corrected chi connectivity index (χ3v) is 4.60. The molecule has 0 saturated carbocycles. The SMILES string of the molecule is Nc1nnc(-c2ccccc2O)cc1-c1cnn(C2CCNCC2)c1. The van der Waals surface area contributed by atoms with Crippen molar-refractivity contribution in [2.45, 2.75) is 18.9 Å². The molecule has 7 nitrogen and oxygen atoms in total. The van der Waals surface area contributed by atoms with E-state index in [-0.39, 0.29) is 5.75 Å². The van der Waals surface area contributed by atoms with Gasteiger partial charge in [0.1, 0.15) is 5.75 Å². The molecule has 7 heteroatoms. The van der Waals surface area contributed by atoms with Gasteiger partial charge in [-0.05, 0) is 44.1 Å². The van der Waals surface area contributed by atoms with Gasteiger partial charge in [0.2, 0.25) is 0 Å². The van der Waals surface area contributed by atoms with E-state index in [9.17, 15) is 5.11 Å². The van der Waals surface area contributed by atoms with Gasteiger partial charge in [0.05, 0.1) is 17.9 Å². The van der Waals surface area contributed by atoms with Crippen LogP contribution in [0.2, 0.25) is 0 Å². The van der Waals surface area contributed by atoms with E-state index in [4.69, 9.17) is 5.73 Å². The summed E-state index contributed by atoms with van der Waals surface area (Å²) in [6.07, 6.45) is 5.95. The number of nitrogens with two attached hydrogens (primary N) is 1. The number of benzene rings is 1. The number of hydrogen-bond donors (Lipinski definition) is 3. The molecule has 1 fully saturated rings. The second-order valence-corrected chi connectivity index (χ2v) is 6.24. The van der Waals surface area contributed by atoms with Gasteiger partial charge in [0.15, 0.2) is 5.82 Å². The van der Waals surface area contributed by atoms with E-state index in [2.05, 4.69) is 20.6 Å². The highest BCUT2D eigenvalue weighted by Gasteiger charge is 2.17. The van der Waals surface area contributed by atoms with Gasteiger partial charge in [0.25, 0.3) is 0 Å². The minimum Gasteiger partial charge on any atom is -0.507 e. The van der Waals surface area contributed by atoms with Gasteiger partial charge in [-0.15, -0.1) is 10.2 Å². The Morgan fingerprint density at radius 3 is 2.72 bits per heavy atom. The first kappa shape index (κ1) is 15.6. The van der Waals surface area contributed by atoms with Crippen molar-refractivity contribution in [3.8, 4) is 28.1 Å². The topological polar surface area (TPSA) is 102 Å². The number of anilines is 1. The maximum atomic E-state index is 10.0. The Morgan fingerprint density at radius 2 is 1.92 bits per heavy atom. The quantitative estimate of drug-likeness (QED) is 0.678. The van der Waals surface area contributed by atoms with Crippen LogP contribution in [0.4, 0.5) is 5.82 Å². The molecule has 0 aliphatic carbocycles. The summed E-state index contributed by atoms with van der Waals surface area (Å²) in [4.78, 5) is 0. The summed E-state index contributed by atoms with van der Waals surface area (Å²) in [6.45, 7) is 2.02. The number of phenols is 1. The average Bonchev–Trinajstić information content (AvgIpc) is 3.13. The molecule has 1 aliphatic heterocycles. The number of para-hydroxylation sites is 1. The molecule has 128 valence electrons. The van der Waals surface area contributed by atoms with Gasteiger partial charge < -0.3 is 16.2 Å². The number of piperidine rings is 1. The van der Waals surface area contributed by atoms with Gasteiger partial charge in [0, 0.05) is 22.9 Å². The highest BCUT2D eigenvalue weighted by Crippen LogP contribution is 2.32. The minimum absolute atomic E-state index is 0.165. The smallest absolute Gasteiger partial charge is 0.154 e. The van der Waals surface area contributed by atoms with Crippen molar-refractivity contribution in [1.29, 1.82) is 0 Å². The number of aromatic hydroxyl groups is 1. The molecule has 3 heterocycles. The van der Waals surface area contributed by atoms with Crippen LogP contribution >= 0.6 is 0 Å². The molecule has 0 amide bonds. The number of phenolic OH excluding ortho intramolecular Hbond substituents is 1. The first-order valence-corrected chi connectivity index (χ1v) is 8.39. The van der Waals surface area contributed by atoms with Crippen LogP contribution < -0.4 is 11.1 Å². The standard InChI is InChI=1S/C18H20N6O/c19-18-15(9-16(22-23-18)14-3-1-2-4-17(14)25)12-10-21-24(11-12)13-5-7-20-8-6-13/h1-4,9-11,13,20,25H,5-8H2,(H2,19,23). The summed E-state index contributed by atoms with van der Waals surface area (Å²) < 4.78 is 2.01. The predicted octanol–water partition coefficient (Wildman–Crippen LogP) is 2.22. The molecule has 0 bridgehead atoms. The number of hydrogen-bond acceptors (Lipinski definition) is 6. The lowest BCUT2D eigenvalue weighted by molar-refractivity contribution is 0.343. The van der Waals surface area contributed by atoms with Crippen LogP contribution in [0.25, 0.3) is 22.4 Å². The van der Waals surface area contributed by atoms with E-state index in [1.54, 1.807) is 18.2 Å². The normalized spacial score (nSPS) is 15.4. The van der Waals surface area contributed by atoms with Gasteiger partial charge in [-0.3, -0.25) is 4.68 Å². The van der Waals surface area contributed by atoms with Crippen LogP contribution in [0.1, 0.15) is 18.9 Å². The maximum absolute atomic E-state index is 10.0. The molecule has 0 atom stereocenters. The fraction of sp³-hybridized carbons (Fsp3) is 0.278.